The van der Waals surface area contributed by atoms with Crippen LogP contribution in [0, 0.1) is 0 Å². The summed E-state index contributed by atoms with van der Waals surface area (Å²) in [4.78, 5) is 5.11. The molecule has 0 unspecified atom stereocenters. The zero-order valence-corrected chi connectivity index (χ0v) is 17.5. The van der Waals surface area contributed by atoms with E-state index in [4.69, 9.17) is 4.74 Å². The van der Waals surface area contributed by atoms with Crippen LogP contribution in [0.4, 0.5) is 0 Å². The van der Waals surface area contributed by atoms with Gasteiger partial charge in [-0.25, -0.2) is 0 Å². The van der Waals surface area contributed by atoms with Gasteiger partial charge < -0.3 is 4.74 Å². The van der Waals surface area contributed by atoms with E-state index < -0.39 is 0 Å². The van der Waals surface area contributed by atoms with Crippen molar-refractivity contribution in [2.75, 3.05) is 39.8 Å². The van der Waals surface area contributed by atoms with Gasteiger partial charge in [-0.05, 0) is 29.3 Å². The van der Waals surface area contributed by atoms with Crippen LogP contribution in [0.2, 0.25) is 0 Å². The van der Waals surface area contributed by atoms with Crippen molar-refractivity contribution in [3.05, 3.63) is 83.4 Å². The number of methoxy groups -OCH3 is 1. The molecule has 0 saturated carbocycles. The van der Waals surface area contributed by atoms with E-state index >= 15 is 0 Å². The molecule has 0 spiro atoms. The summed E-state index contributed by atoms with van der Waals surface area (Å²) in [6.07, 6.45) is 2.30. The lowest BCUT2D eigenvalue weighted by atomic mass is 10.0. The first-order valence-corrected chi connectivity index (χ1v) is 10.4. The Morgan fingerprint density at radius 2 is 1.55 bits per heavy atom. The minimum atomic E-state index is 0.942. The van der Waals surface area contributed by atoms with Crippen molar-refractivity contribution in [3.63, 3.8) is 0 Å². The van der Waals surface area contributed by atoms with Gasteiger partial charge in [0, 0.05) is 44.8 Å². The summed E-state index contributed by atoms with van der Waals surface area (Å²) in [5.41, 5.74) is 4.01. The Kier molecular flexibility index (Phi) is 6.28. The van der Waals surface area contributed by atoms with Crippen LogP contribution in [-0.4, -0.2) is 49.6 Å². The molecule has 1 saturated heterocycles. The van der Waals surface area contributed by atoms with Gasteiger partial charge in [0.25, 0.3) is 0 Å². The molecule has 0 radical (unpaired) electrons. The summed E-state index contributed by atoms with van der Waals surface area (Å²) in [6.45, 7) is 8.61. The predicted molar refractivity (Wildman–Crippen MR) is 122 cm³/mol. The van der Waals surface area contributed by atoms with Gasteiger partial charge in [0.05, 0.1) is 7.11 Å². The van der Waals surface area contributed by atoms with Gasteiger partial charge >= 0.3 is 0 Å². The highest BCUT2D eigenvalue weighted by molar-refractivity contribution is 5.87. The van der Waals surface area contributed by atoms with Crippen LogP contribution in [0.1, 0.15) is 18.1 Å². The van der Waals surface area contributed by atoms with E-state index in [1.54, 1.807) is 7.11 Å². The molecule has 29 heavy (non-hydrogen) atoms. The van der Waals surface area contributed by atoms with Gasteiger partial charge in [0.15, 0.2) is 0 Å². The van der Waals surface area contributed by atoms with Crippen LogP contribution in [-0.2, 0) is 6.54 Å². The molecule has 0 amide bonds. The maximum absolute atomic E-state index is 5.68. The first kappa shape index (κ1) is 19.7. The van der Waals surface area contributed by atoms with E-state index in [0.29, 0.717) is 0 Å². The van der Waals surface area contributed by atoms with Crippen LogP contribution in [0.3, 0.4) is 0 Å². The van der Waals surface area contributed by atoms with E-state index in [-0.39, 0.29) is 0 Å². The first-order chi connectivity index (χ1) is 14.2. The van der Waals surface area contributed by atoms with Crippen molar-refractivity contribution in [2.24, 2.45) is 0 Å². The fourth-order valence-electron chi connectivity index (χ4n) is 4.23. The lowest BCUT2D eigenvalue weighted by Gasteiger charge is -2.35. The molecule has 1 aliphatic rings. The zero-order chi connectivity index (χ0) is 20.1. The van der Waals surface area contributed by atoms with Gasteiger partial charge in [-0.1, -0.05) is 72.3 Å². The normalized spacial score (nSPS) is 16.3. The fraction of sp³-hybridized carbons (Fsp3) is 0.308. The number of fused-ring (bicyclic) bond motifs is 1. The van der Waals surface area contributed by atoms with E-state index in [1.807, 2.05) is 0 Å². The van der Waals surface area contributed by atoms with Gasteiger partial charge in [0.1, 0.15) is 5.75 Å². The smallest absolute Gasteiger partial charge is 0.123 e. The fourth-order valence-corrected chi connectivity index (χ4v) is 4.23. The number of ether oxygens (including phenoxy) is 1. The van der Waals surface area contributed by atoms with Crippen molar-refractivity contribution in [1.82, 2.24) is 9.80 Å². The molecule has 0 aromatic heterocycles. The molecule has 1 fully saturated rings. The molecule has 3 heteroatoms. The third-order valence-electron chi connectivity index (χ3n) is 5.75. The third-order valence-corrected chi connectivity index (χ3v) is 5.75. The van der Waals surface area contributed by atoms with Gasteiger partial charge in [0.2, 0.25) is 0 Å². The second-order valence-corrected chi connectivity index (χ2v) is 7.92. The van der Waals surface area contributed by atoms with Gasteiger partial charge in [-0.2, -0.15) is 0 Å². The Labute approximate surface area is 174 Å². The largest absolute Gasteiger partial charge is 0.496 e. The summed E-state index contributed by atoms with van der Waals surface area (Å²) >= 11 is 0. The second kappa shape index (κ2) is 9.25. The van der Waals surface area contributed by atoms with Crippen LogP contribution in [0.15, 0.2) is 72.3 Å². The lowest BCUT2D eigenvalue weighted by molar-refractivity contribution is 0.134. The number of nitrogens with zero attached hydrogens (tertiary/aromatic N) is 2. The van der Waals surface area contributed by atoms with Crippen LogP contribution in [0.25, 0.3) is 16.8 Å². The summed E-state index contributed by atoms with van der Waals surface area (Å²) < 4.78 is 5.68. The SMILES string of the molecule is COc1ccc2ccccc2c1CN1CCN(CC(C)=Cc2ccccc2)CC1. The average Bonchev–Trinajstić information content (AvgIpc) is 2.76. The summed E-state index contributed by atoms with van der Waals surface area (Å²) in [5.74, 6) is 0.993. The molecular formula is C26H30N2O. The van der Waals surface area contributed by atoms with Crippen molar-refractivity contribution in [3.8, 4) is 5.75 Å². The lowest BCUT2D eigenvalue weighted by Crippen LogP contribution is -2.46. The van der Waals surface area contributed by atoms with Crippen LogP contribution >= 0.6 is 0 Å². The standard InChI is InChI=1S/C26H30N2O/c1-21(18-22-8-4-3-5-9-22)19-27-14-16-28(17-15-27)20-25-24-11-7-6-10-23(24)12-13-26(25)29-2/h3-13,18H,14-17,19-20H2,1-2H3. The Balaban J connectivity index is 1.38. The molecule has 0 N–H and O–H groups in total. The summed E-state index contributed by atoms with van der Waals surface area (Å²) in [5, 5.41) is 2.58. The molecule has 0 bridgehead atoms. The predicted octanol–water partition coefficient (Wildman–Crippen LogP) is 5.07. The molecular weight excluding hydrogens is 356 g/mol. The monoisotopic (exact) mass is 386 g/mol. The van der Waals surface area contributed by atoms with Crippen LogP contribution in [0.5, 0.6) is 5.75 Å². The molecule has 3 aromatic rings. The highest BCUT2D eigenvalue weighted by Gasteiger charge is 2.19. The van der Waals surface area contributed by atoms with Gasteiger partial charge in [-0.15, -0.1) is 0 Å². The molecule has 1 aliphatic heterocycles. The van der Waals surface area contributed by atoms with Gasteiger partial charge in [-0.3, -0.25) is 9.80 Å². The number of hydrogen-bond donors (Lipinski definition) is 0. The van der Waals surface area contributed by atoms with Crippen molar-refractivity contribution >= 4 is 16.8 Å². The average molecular weight is 387 g/mol. The molecule has 4 rings (SSSR count). The Morgan fingerprint density at radius 1 is 0.862 bits per heavy atom. The van der Waals surface area contributed by atoms with E-state index in [1.165, 1.54) is 27.5 Å². The topological polar surface area (TPSA) is 15.7 Å². The minimum Gasteiger partial charge on any atom is -0.496 e. The highest BCUT2D eigenvalue weighted by atomic mass is 16.5. The minimum absolute atomic E-state index is 0.942. The maximum Gasteiger partial charge on any atom is 0.123 e. The second-order valence-electron chi connectivity index (χ2n) is 7.92. The molecule has 3 nitrogen and oxygen atoms in total. The Bertz CT molecular complexity index is 972. The Morgan fingerprint density at radius 3 is 2.31 bits per heavy atom. The highest BCUT2D eigenvalue weighted by Crippen LogP contribution is 2.29. The van der Waals surface area contributed by atoms with Crippen molar-refractivity contribution in [2.45, 2.75) is 13.5 Å². The number of rotatable bonds is 6. The van der Waals surface area contributed by atoms with Crippen molar-refractivity contribution < 1.29 is 4.74 Å². The zero-order valence-electron chi connectivity index (χ0n) is 17.5. The maximum atomic E-state index is 5.68. The molecule has 150 valence electrons. The summed E-state index contributed by atoms with van der Waals surface area (Å²) in [7, 11) is 1.77. The first-order valence-electron chi connectivity index (χ1n) is 10.4. The molecule has 0 aliphatic carbocycles. The van der Waals surface area contributed by atoms with E-state index in [2.05, 4.69) is 89.5 Å². The third kappa shape index (κ3) is 4.87. The van der Waals surface area contributed by atoms with Crippen LogP contribution < -0.4 is 4.74 Å². The quantitative estimate of drug-likeness (QED) is 0.588. The molecule has 1 heterocycles. The number of benzene rings is 3. The van der Waals surface area contributed by atoms with Crippen molar-refractivity contribution in [1.29, 1.82) is 0 Å². The van der Waals surface area contributed by atoms with E-state index in [9.17, 15) is 0 Å². The Hall–Kier alpha value is -2.62. The molecule has 3 aromatic carbocycles. The number of piperazine rings is 1. The molecule has 0 atom stereocenters. The number of hydrogen-bond acceptors (Lipinski definition) is 3. The summed E-state index contributed by atoms with van der Waals surface area (Å²) in [6, 6.07) is 23.4. The van der Waals surface area contributed by atoms with E-state index in [0.717, 1.165) is 45.0 Å².